The number of carbonyl (C=O) groups excluding carboxylic acids is 1. The summed E-state index contributed by atoms with van der Waals surface area (Å²) >= 11 is 4.57. The maximum Gasteiger partial charge on any atom is 0.276 e. The highest BCUT2D eigenvalue weighted by Gasteiger charge is 2.10. The van der Waals surface area contributed by atoms with Crippen molar-refractivity contribution in [3.05, 3.63) is 33.4 Å². The summed E-state index contributed by atoms with van der Waals surface area (Å²) in [5, 5.41) is 4.64. The maximum absolute atomic E-state index is 11.7. The fourth-order valence-electron chi connectivity index (χ4n) is 1.18. The lowest BCUT2D eigenvalue weighted by molar-refractivity contribution is 0.102. The average molecular weight is 313 g/mol. The molecule has 3 N–H and O–H groups in total. The van der Waals surface area contributed by atoms with Crippen LogP contribution < -0.4 is 11.1 Å². The van der Waals surface area contributed by atoms with E-state index in [0.717, 1.165) is 10.0 Å². The minimum absolute atomic E-state index is 0.301. The first-order valence-electron chi connectivity index (χ1n) is 4.71. The standard InChI is InChI=1S/C10H9BrN4OS/c1-5-2-8(13-3-6(5)11)15-9(16)7-4-17-10(12)14-7/h2-4H,1H3,(H2,12,14)(H,13,15,16). The van der Waals surface area contributed by atoms with Gasteiger partial charge in [0.15, 0.2) is 5.13 Å². The second-order valence-electron chi connectivity index (χ2n) is 3.34. The van der Waals surface area contributed by atoms with E-state index in [-0.39, 0.29) is 5.91 Å². The van der Waals surface area contributed by atoms with Crippen molar-refractivity contribution in [3.63, 3.8) is 0 Å². The molecule has 0 atom stereocenters. The number of pyridine rings is 1. The summed E-state index contributed by atoms with van der Waals surface area (Å²) in [5.74, 6) is 0.175. The molecule has 0 aromatic carbocycles. The second kappa shape index (κ2) is 4.80. The molecule has 2 rings (SSSR count). The number of aromatic nitrogens is 2. The third-order valence-electron chi connectivity index (χ3n) is 2.04. The molecule has 7 heteroatoms. The summed E-state index contributed by atoms with van der Waals surface area (Å²) < 4.78 is 0.897. The predicted molar refractivity (Wildman–Crippen MR) is 71.2 cm³/mol. The van der Waals surface area contributed by atoms with Gasteiger partial charge in [-0.2, -0.15) is 0 Å². The van der Waals surface area contributed by atoms with Gasteiger partial charge in [0, 0.05) is 16.0 Å². The molecule has 0 saturated heterocycles. The van der Waals surface area contributed by atoms with Gasteiger partial charge in [0.1, 0.15) is 11.5 Å². The molecule has 17 heavy (non-hydrogen) atoms. The Labute approximate surface area is 110 Å². The van der Waals surface area contributed by atoms with E-state index in [2.05, 4.69) is 31.2 Å². The number of nitrogens with one attached hydrogen (secondary N) is 1. The Morgan fingerprint density at radius 2 is 2.35 bits per heavy atom. The zero-order chi connectivity index (χ0) is 12.4. The van der Waals surface area contributed by atoms with E-state index in [1.807, 2.05) is 6.92 Å². The number of carbonyl (C=O) groups is 1. The molecular weight excluding hydrogens is 304 g/mol. The molecule has 2 aromatic heterocycles. The molecule has 0 aliphatic heterocycles. The molecule has 88 valence electrons. The molecule has 0 fully saturated rings. The number of nitrogens with two attached hydrogens (primary N) is 1. The van der Waals surface area contributed by atoms with E-state index < -0.39 is 0 Å². The minimum Gasteiger partial charge on any atom is -0.375 e. The van der Waals surface area contributed by atoms with Crippen LogP contribution in [0.3, 0.4) is 0 Å². The number of rotatable bonds is 2. The lowest BCUT2D eigenvalue weighted by Gasteiger charge is -2.04. The van der Waals surface area contributed by atoms with Crippen molar-refractivity contribution in [2.24, 2.45) is 0 Å². The van der Waals surface area contributed by atoms with Gasteiger partial charge in [0.05, 0.1) is 0 Å². The number of hydrogen-bond acceptors (Lipinski definition) is 5. The highest BCUT2D eigenvalue weighted by Crippen LogP contribution is 2.18. The first-order chi connectivity index (χ1) is 8.06. The SMILES string of the molecule is Cc1cc(NC(=O)c2csc(N)n2)ncc1Br. The van der Waals surface area contributed by atoms with Crippen molar-refractivity contribution in [1.29, 1.82) is 0 Å². The summed E-state index contributed by atoms with van der Waals surface area (Å²) in [6, 6.07) is 1.78. The number of halogens is 1. The number of hydrogen-bond donors (Lipinski definition) is 2. The van der Waals surface area contributed by atoms with E-state index in [4.69, 9.17) is 5.73 Å². The van der Waals surface area contributed by atoms with E-state index in [1.54, 1.807) is 17.6 Å². The van der Waals surface area contributed by atoms with Gasteiger partial charge in [0.2, 0.25) is 0 Å². The van der Waals surface area contributed by atoms with Gasteiger partial charge in [-0.3, -0.25) is 4.79 Å². The van der Waals surface area contributed by atoms with Gasteiger partial charge in [-0.1, -0.05) is 0 Å². The third-order valence-corrected chi connectivity index (χ3v) is 3.55. The number of thiazole rings is 1. The Bertz CT molecular complexity index is 569. The van der Waals surface area contributed by atoms with Gasteiger partial charge in [-0.15, -0.1) is 11.3 Å². The summed E-state index contributed by atoms with van der Waals surface area (Å²) in [5.41, 5.74) is 6.75. The van der Waals surface area contributed by atoms with Crippen molar-refractivity contribution in [1.82, 2.24) is 9.97 Å². The lowest BCUT2D eigenvalue weighted by atomic mass is 10.3. The molecule has 0 unspecified atom stereocenters. The van der Waals surface area contributed by atoms with Gasteiger partial charge in [-0.25, -0.2) is 9.97 Å². The van der Waals surface area contributed by atoms with Gasteiger partial charge in [0.25, 0.3) is 5.91 Å². The predicted octanol–water partition coefficient (Wildman–Crippen LogP) is 2.44. The highest BCUT2D eigenvalue weighted by atomic mass is 79.9. The fourth-order valence-corrected chi connectivity index (χ4v) is 1.94. The lowest BCUT2D eigenvalue weighted by Crippen LogP contribution is -2.13. The van der Waals surface area contributed by atoms with E-state index in [9.17, 15) is 4.79 Å². The topological polar surface area (TPSA) is 80.9 Å². The molecule has 1 amide bonds. The number of aryl methyl sites for hydroxylation is 1. The third kappa shape index (κ3) is 2.80. The van der Waals surface area contributed by atoms with Crippen molar-refractivity contribution in [2.45, 2.75) is 6.92 Å². The zero-order valence-corrected chi connectivity index (χ0v) is 11.3. The number of nitrogen functional groups attached to an aromatic ring is 1. The smallest absolute Gasteiger partial charge is 0.276 e. The number of nitrogens with zero attached hydrogens (tertiary/aromatic N) is 2. The monoisotopic (exact) mass is 312 g/mol. The molecule has 5 nitrogen and oxygen atoms in total. The molecule has 0 aliphatic carbocycles. The Kier molecular flexibility index (Phi) is 3.39. The van der Waals surface area contributed by atoms with Crippen LogP contribution in [-0.2, 0) is 0 Å². The Morgan fingerprint density at radius 1 is 1.59 bits per heavy atom. The van der Waals surface area contributed by atoms with Crippen molar-refractivity contribution in [2.75, 3.05) is 11.1 Å². The summed E-state index contributed by atoms with van der Waals surface area (Å²) in [7, 11) is 0. The minimum atomic E-state index is -0.313. The van der Waals surface area contributed by atoms with Crippen molar-refractivity contribution in [3.8, 4) is 0 Å². The van der Waals surface area contributed by atoms with Crippen LogP contribution >= 0.6 is 27.3 Å². The quantitative estimate of drug-likeness (QED) is 0.892. The van der Waals surface area contributed by atoms with Crippen LogP contribution in [0.15, 0.2) is 22.1 Å². The van der Waals surface area contributed by atoms with Gasteiger partial charge >= 0.3 is 0 Å². The average Bonchev–Trinajstić information content (AvgIpc) is 2.70. The maximum atomic E-state index is 11.7. The molecule has 2 aromatic rings. The Balaban J connectivity index is 2.15. The van der Waals surface area contributed by atoms with E-state index >= 15 is 0 Å². The molecule has 0 spiro atoms. The number of anilines is 2. The van der Waals surface area contributed by atoms with E-state index in [1.165, 1.54) is 11.3 Å². The first-order valence-corrected chi connectivity index (χ1v) is 6.38. The van der Waals surface area contributed by atoms with Crippen molar-refractivity contribution >= 4 is 44.1 Å². The van der Waals surface area contributed by atoms with Crippen LogP contribution in [0.1, 0.15) is 16.1 Å². The van der Waals surface area contributed by atoms with Crippen molar-refractivity contribution < 1.29 is 4.79 Å². The largest absolute Gasteiger partial charge is 0.375 e. The normalized spacial score (nSPS) is 10.2. The van der Waals surface area contributed by atoms with Crippen LogP contribution in [0.2, 0.25) is 0 Å². The van der Waals surface area contributed by atoms with Crippen LogP contribution in [0.5, 0.6) is 0 Å². The van der Waals surface area contributed by atoms with Gasteiger partial charge < -0.3 is 11.1 Å². The Morgan fingerprint density at radius 3 is 2.94 bits per heavy atom. The van der Waals surface area contributed by atoms with Crippen LogP contribution in [0.4, 0.5) is 10.9 Å². The fraction of sp³-hybridized carbons (Fsp3) is 0.100. The second-order valence-corrected chi connectivity index (χ2v) is 5.09. The molecule has 0 bridgehead atoms. The van der Waals surface area contributed by atoms with Gasteiger partial charge in [-0.05, 0) is 34.5 Å². The van der Waals surface area contributed by atoms with Crippen LogP contribution in [0.25, 0.3) is 0 Å². The zero-order valence-electron chi connectivity index (χ0n) is 8.90. The summed E-state index contributed by atoms with van der Waals surface area (Å²) in [4.78, 5) is 19.7. The summed E-state index contributed by atoms with van der Waals surface area (Å²) in [6.07, 6.45) is 1.64. The molecule has 0 radical (unpaired) electrons. The summed E-state index contributed by atoms with van der Waals surface area (Å²) in [6.45, 7) is 1.92. The van der Waals surface area contributed by atoms with E-state index in [0.29, 0.717) is 16.6 Å². The molecule has 0 saturated carbocycles. The Hall–Kier alpha value is -1.47. The van der Waals surface area contributed by atoms with Crippen LogP contribution in [0, 0.1) is 6.92 Å². The highest BCUT2D eigenvalue weighted by molar-refractivity contribution is 9.10. The molecule has 2 heterocycles. The van der Waals surface area contributed by atoms with Crippen LogP contribution in [-0.4, -0.2) is 15.9 Å². The molecule has 0 aliphatic rings. The first kappa shape index (κ1) is 12.0. The number of amides is 1. The molecular formula is C10H9BrN4OS.